The number of carbonyl (C=O) groups is 1. The van der Waals surface area contributed by atoms with Crippen LogP contribution >= 0.6 is 10.6 Å². The Balaban J connectivity index is 1.72. The van der Waals surface area contributed by atoms with E-state index in [2.05, 4.69) is 20.5 Å². The quantitative estimate of drug-likeness (QED) is 0.538. The summed E-state index contributed by atoms with van der Waals surface area (Å²) in [6.07, 6.45) is 2.82. The van der Waals surface area contributed by atoms with Gasteiger partial charge in [-0.25, -0.2) is 0 Å². The topological polar surface area (TPSA) is 94.4 Å². The second kappa shape index (κ2) is 10.5. The number of benzene rings is 2. The molecule has 1 aromatic heterocycles. The number of pyridine rings is 1. The van der Waals surface area contributed by atoms with Crippen molar-refractivity contribution in [2.45, 2.75) is 6.10 Å². The molecule has 2 unspecified atom stereocenters. The van der Waals surface area contributed by atoms with E-state index in [-0.39, 0.29) is 17.7 Å². The molecule has 8 nitrogen and oxygen atoms in total. The summed E-state index contributed by atoms with van der Waals surface area (Å²) >= 11 is 0. The Bertz CT molecular complexity index is 1140. The van der Waals surface area contributed by atoms with Gasteiger partial charge in [0.2, 0.25) is 5.17 Å². The first-order valence-electron chi connectivity index (χ1n) is 10.2. The van der Waals surface area contributed by atoms with Crippen LogP contribution in [-0.2, 0) is 13.1 Å². The molecular weight excluding hydrogens is 440 g/mol. The molecule has 0 saturated heterocycles. The fourth-order valence-corrected chi connectivity index (χ4v) is 5.52. The van der Waals surface area contributed by atoms with E-state index in [9.17, 15) is 4.79 Å². The molecule has 170 valence electrons. The Hall–Kier alpha value is -3.37. The SMILES string of the molecule is COCC(OS1(OC)C(NC(=O)c2ccccc2)=NN=C1c1ccncc1)c1ccccc1. The minimum Gasteiger partial charge on any atom is -0.382 e. The van der Waals surface area contributed by atoms with E-state index in [0.717, 1.165) is 11.1 Å². The minimum absolute atomic E-state index is 0.211. The summed E-state index contributed by atoms with van der Waals surface area (Å²) in [4.78, 5) is 17.0. The summed E-state index contributed by atoms with van der Waals surface area (Å²) in [6.45, 7) is 0.270. The van der Waals surface area contributed by atoms with Crippen molar-refractivity contribution in [2.75, 3.05) is 20.8 Å². The highest BCUT2D eigenvalue weighted by atomic mass is 32.3. The van der Waals surface area contributed by atoms with Crippen LogP contribution in [0.1, 0.15) is 27.6 Å². The molecule has 1 amide bonds. The number of nitrogens with zero attached hydrogens (tertiary/aromatic N) is 3. The standard InChI is InChI=1S/C24H24N4O4S/c1-30-17-21(18-9-5-3-6-10-18)32-33(31-2)23(20-13-15-25-16-14-20)27-28-24(33)26-22(29)19-11-7-4-8-12-19/h3-16,21H,17H2,1-2H3,(H,26,28,29). The van der Waals surface area contributed by atoms with Crippen molar-refractivity contribution >= 4 is 26.7 Å². The molecule has 2 aromatic carbocycles. The van der Waals surface area contributed by atoms with E-state index in [4.69, 9.17) is 13.1 Å². The van der Waals surface area contributed by atoms with Crippen LogP contribution in [0.15, 0.2) is 95.4 Å². The Labute approximate surface area is 194 Å². The molecule has 0 radical (unpaired) electrons. The zero-order valence-corrected chi connectivity index (χ0v) is 19.1. The first-order valence-corrected chi connectivity index (χ1v) is 11.7. The van der Waals surface area contributed by atoms with Crippen LogP contribution in [0.4, 0.5) is 0 Å². The normalized spacial score (nSPS) is 20.3. The highest BCUT2D eigenvalue weighted by molar-refractivity contribution is 8.49. The van der Waals surface area contributed by atoms with Gasteiger partial charge in [-0.1, -0.05) is 59.1 Å². The summed E-state index contributed by atoms with van der Waals surface area (Å²) < 4.78 is 18.1. The molecule has 0 saturated carbocycles. The van der Waals surface area contributed by atoms with Crippen LogP contribution < -0.4 is 5.32 Å². The maximum atomic E-state index is 13.0. The van der Waals surface area contributed by atoms with Crippen molar-refractivity contribution in [1.82, 2.24) is 10.3 Å². The highest BCUT2D eigenvalue weighted by Crippen LogP contribution is 2.59. The minimum atomic E-state index is -2.75. The second-order valence-electron chi connectivity index (χ2n) is 6.99. The lowest BCUT2D eigenvalue weighted by Crippen LogP contribution is -2.37. The van der Waals surface area contributed by atoms with Crippen LogP contribution in [0, 0.1) is 0 Å². The average Bonchev–Trinajstić information content (AvgIpc) is 3.23. The van der Waals surface area contributed by atoms with Crippen LogP contribution in [0.2, 0.25) is 0 Å². The number of rotatable bonds is 8. The predicted octanol–water partition coefficient (Wildman–Crippen LogP) is 4.23. The van der Waals surface area contributed by atoms with Crippen molar-refractivity contribution in [1.29, 1.82) is 0 Å². The monoisotopic (exact) mass is 464 g/mol. The molecule has 0 bridgehead atoms. The van der Waals surface area contributed by atoms with Gasteiger partial charge in [0.15, 0.2) is 5.04 Å². The number of aromatic nitrogens is 1. The maximum Gasteiger partial charge on any atom is 0.257 e. The molecule has 33 heavy (non-hydrogen) atoms. The Morgan fingerprint density at radius 2 is 1.61 bits per heavy atom. The Kier molecular flexibility index (Phi) is 7.26. The van der Waals surface area contributed by atoms with Gasteiger partial charge in [-0.05, 0) is 29.8 Å². The zero-order chi connectivity index (χ0) is 23.1. The van der Waals surface area contributed by atoms with Crippen molar-refractivity contribution in [2.24, 2.45) is 10.2 Å². The van der Waals surface area contributed by atoms with Crippen LogP contribution in [-0.4, -0.2) is 41.9 Å². The van der Waals surface area contributed by atoms with E-state index in [1.807, 2.05) is 36.4 Å². The number of carbonyl (C=O) groups excluding carboxylic acids is 1. The summed E-state index contributed by atoms with van der Waals surface area (Å²) in [5, 5.41) is 12.2. The number of amidine groups is 1. The number of nitrogens with one attached hydrogen (secondary N) is 1. The zero-order valence-electron chi connectivity index (χ0n) is 18.3. The molecule has 0 fully saturated rings. The number of amides is 1. The van der Waals surface area contributed by atoms with Gasteiger partial charge in [0, 0.05) is 30.6 Å². The lowest BCUT2D eigenvalue weighted by Gasteiger charge is -2.41. The van der Waals surface area contributed by atoms with Crippen molar-refractivity contribution in [3.63, 3.8) is 0 Å². The van der Waals surface area contributed by atoms with Gasteiger partial charge in [0.25, 0.3) is 5.91 Å². The van der Waals surface area contributed by atoms with E-state index < -0.39 is 16.7 Å². The van der Waals surface area contributed by atoms with Crippen molar-refractivity contribution < 1.29 is 17.9 Å². The summed E-state index contributed by atoms with van der Waals surface area (Å²) in [5.41, 5.74) is 2.12. The summed E-state index contributed by atoms with van der Waals surface area (Å²) in [7, 11) is 0.382. The maximum absolute atomic E-state index is 13.0. The highest BCUT2D eigenvalue weighted by Gasteiger charge is 2.42. The van der Waals surface area contributed by atoms with E-state index in [0.29, 0.717) is 10.6 Å². The van der Waals surface area contributed by atoms with E-state index in [1.54, 1.807) is 55.9 Å². The summed E-state index contributed by atoms with van der Waals surface area (Å²) in [6, 6.07) is 22.1. The van der Waals surface area contributed by atoms with Gasteiger partial charge in [0.1, 0.15) is 6.10 Å². The lowest BCUT2D eigenvalue weighted by molar-refractivity contribution is 0.0856. The molecule has 1 aliphatic heterocycles. The van der Waals surface area contributed by atoms with Crippen LogP contribution in [0.5, 0.6) is 0 Å². The van der Waals surface area contributed by atoms with Crippen molar-refractivity contribution in [3.05, 3.63) is 102 Å². The molecule has 2 heterocycles. The summed E-state index contributed by atoms with van der Waals surface area (Å²) in [5.74, 6) is -0.332. The van der Waals surface area contributed by atoms with Gasteiger partial charge in [-0.2, -0.15) is 0 Å². The van der Waals surface area contributed by atoms with Crippen LogP contribution in [0.25, 0.3) is 0 Å². The number of methoxy groups -OCH3 is 1. The fourth-order valence-electron chi connectivity index (χ4n) is 3.30. The molecule has 0 spiro atoms. The largest absolute Gasteiger partial charge is 0.382 e. The molecule has 9 heteroatoms. The molecular formula is C24H24N4O4S. The molecule has 2 atom stereocenters. The van der Waals surface area contributed by atoms with Crippen molar-refractivity contribution in [3.8, 4) is 0 Å². The smallest absolute Gasteiger partial charge is 0.257 e. The average molecular weight is 465 g/mol. The first kappa shape index (κ1) is 22.8. The molecule has 1 aliphatic rings. The van der Waals surface area contributed by atoms with Gasteiger partial charge >= 0.3 is 0 Å². The van der Waals surface area contributed by atoms with Gasteiger partial charge in [-0.3, -0.25) is 23.5 Å². The van der Waals surface area contributed by atoms with Gasteiger partial charge in [0.05, 0.1) is 13.7 Å². The Morgan fingerprint density at radius 3 is 2.24 bits per heavy atom. The van der Waals surface area contributed by atoms with E-state index >= 15 is 0 Å². The first-order chi connectivity index (χ1) is 16.2. The third-order valence-electron chi connectivity index (χ3n) is 4.90. The predicted molar refractivity (Wildman–Crippen MR) is 129 cm³/mol. The molecule has 3 aromatic rings. The second-order valence-corrected chi connectivity index (χ2v) is 9.29. The molecule has 0 aliphatic carbocycles. The van der Waals surface area contributed by atoms with Gasteiger partial charge in [-0.15, -0.1) is 10.2 Å². The third kappa shape index (κ3) is 4.86. The molecule has 1 N–H and O–H groups in total. The van der Waals surface area contributed by atoms with Gasteiger partial charge < -0.3 is 4.74 Å². The van der Waals surface area contributed by atoms with Crippen LogP contribution in [0.3, 0.4) is 0 Å². The molecule has 4 rings (SSSR count). The number of hydrogen-bond donors (Lipinski definition) is 1. The fraction of sp³-hybridized carbons (Fsp3) is 0.167. The number of hydrogen-bond acceptors (Lipinski definition) is 7. The third-order valence-corrected chi connectivity index (χ3v) is 7.39. The Morgan fingerprint density at radius 1 is 0.939 bits per heavy atom. The number of ether oxygens (including phenoxy) is 1. The van der Waals surface area contributed by atoms with E-state index in [1.165, 1.54) is 7.11 Å². The lowest BCUT2D eigenvalue weighted by atomic mass is 10.1.